The van der Waals surface area contributed by atoms with E-state index in [-0.39, 0.29) is 22.4 Å². The van der Waals surface area contributed by atoms with Crippen LogP contribution < -0.4 is 15.6 Å². The molecule has 4 aromatic rings. The summed E-state index contributed by atoms with van der Waals surface area (Å²) in [6, 6.07) is 12.8. The monoisotopic (exact) mass is 411 g/mol. The minimum Gasteiger partial charge on any atom is -0.387 e. The van der Waals surface area contributed by atoms with E-state index in [4.69, 9.17) is 0 Å². The summed E-state index contributed by atoms with van der Waals surface area (Å²) in [6.45, 7) is 1.90. The van der Waals surface area contributed by atoms with Crippen molar-refractivity contribution in [1.82, 2.24) is 19.7 Å². The van der Waals surface area contributed by atoms with Gasteiger partial charge in [0.2, 0.25) is 10.0 Å². The fourth-order valence-corrected chi connectivity index (χ4v) is 4.62. The van der Waals surface area contributed by atoms with E-state index in [1.54, 1.807) is 20.0 Å². The number of hydrogen-bond acceptors (Lipinski definition) is 5. The fraction of sp³-hybridized carbons (Fsp3) is 0.200. The van der Waals surface area contributed by atoms with Crippen molar-refractivity contribution >= 4 is 37.5 Å². The molecule has 29 heavy (non-hydrogen) atoms. The molecule has 2 aromatic carbocycles. The molecule has 0 radical (unpaired) electrons. The summed E-state index contributed by atoms with van der Waals surface area (Å²) in [5.41, 5.74) is 2.40. The van der Waals surface area contributed by atoms with Gasteiger partial charge >= 0.3 is 0 Å². The zero-order chi connectivity index (χ0) is 20.6. The van der Waals surface area contributed by atoms with Crippen LogP contribution in [-0.4, -0.2) is 37.0 Å². The molecule has 4 N–H and O–H groups in total. The molecule has 0 aliphatic rings. The number of nitrogens with zero attached hydrogens (tertiary/aromatic N) is 1. The molecule has 8 nitrogen and oxygen atoms in total. The number of fused-ring (bicyclic) bond motifs is 2. The van der Waals surface area contributed by atoms with Gasteiger partial charge in [0.1, 0.15) is 10.7 Å². The SMILES string of the molecule is CNc1cc2nc(C)[nH]c(=O)c2cc1S(=O)(=O)NCCc1cc2ccccc2[nH]1. The molecule has 0 fully saturated rings. The Kier molecular flexibility index (Phi) is 4.85. The third-order valence-corrected chi connectivity index (χ3v) is 6.26. The van der Waals surface area contributed by atoms with Gasteiger partial charge in [0, 0.05) is 31.2 Å². The summed E-state index contributed by atoms with van der Waals surface area (Å²) in [7, 11) is -2.20. The third kappa shape index (κ3) is 3.74. The second kappa shape index (κ2) is 7.34. The molecule has 0 saturated carbocycles. The van der Waals surface area contributed by atoms with Crippen LogP contribution >= 0.6 is 0 Å². The summed E-state index contributed by atoms with van der Waals surface area (Å²) in [4.78, 5) is 22.4. The lowest BCUT2D eigenvalue weighted by Gasteiger charge is -2.12. The molecule has 150 valence electrons. The molecule has 2 heterocycles. The van der Waals surface area contributed by atoms with Crippen molar-refractivity contribution in [2.45, 2.75) is 18.2 Å². The van der Waals surface area contributed by atoms with Gasteiger partial charge in [0.05, 0.1) is 16.6 Å². The standard InChI is InChI=1S/C20H21N5O3S/c1-12-23-17-11-18(21-2)19(10-15(17)20(26)24-12)29(27,28)22-8-7-14-9-13-5-3-4-6-16(13)25-14/h3-6,9-11,21-22,25H,7-8H2,1-2H3,(H,23,24,26). The number of hydrogen-bond donors (Lipinski definition) is 4. The first-order chi connectivity index (χ1) is 13.9. The van der Waals surface area contributed by atoms with E-state index < -0.39 is 10.0 Å². The van der Waals surface area contributed by atoms with Crippen molar-refractivity contribution in [2.24, 2.45) is 0 Å². The molecular weight excluding hydrogens is 390 g/mol. The second-order valence-corrected chi connectivity index (χ2v) is 8.53. The molecule has 0 atom stereocenters. The molecule has 0 aliphatic carbocycles. The predicted octanol–water partition coefficient (Wildman–Crippen LogP) is 2.28. The number of aromatic nitrogens is 3. The molecule has 4 rings (SSSR count). The number of sulfonamides is 1. The number of nitrogens with one attached hydrogen (secondary N) is 4. The maximum atomic E-state index is 12.9. The Hall–Kier alpha value is -3.17. The summed E-state index contributed by atoms with van der Waals surface area (Å²) in [5, 5.41) is 4.19. The van der Waals surface area contributed by atoms with Gasteiger partial charge in [-0.25, -0.2) is 18.1 Å². The molecule has 0 unspecified atom stereocenters. The van der Waals surface area contributed by atoms with Gasteiger partial charge in [-0.2, -0.15) is 0 Å². The first kappa shape index (κ1) is 19.2. The van der Waals surface area contributed by atoms with Crippen LogP contribution in [0.4, 0.5) is 5.69 Å². The minimum atomic E-state index is -3.83. The first-order valence-corrected chi connectivity index (χ1v) is 10.6. The highest BCUT2D eigenvalue weighted by atomic mass is 32.2. The van der Waals surface area contributed by atoms with Gasteiger partial charge in [0.15, 0.2) is 0 Å². The molecule has 0 bridgehead atoms. The topological polar surface area (TPSA) is 120 Å². The van der Waals surface area contributed by atoms with Crippen molar-refractivity contribution < 1.29 is 8.42 Å². The summed E-state index contributed by atoms with van der Waals surface area (Å²) < 4.78 is 28.4. The molecule has 9 heteroatoms. The number of rotatable bonds is 6. The van der Waals surface area contributed by atoms with Crippen LogP contribution in [0.25, 0.3) is 21.8 Å². The Bertz CT molecular complexity index is 1340. The highest BCUT2D eigenvalue weighted by Crippen LogP contribution is 2.25. The Labute approximate surface area is 167 Å². The third-order valence-electron chi connectivity index (χ3n) is 4.76. The van der Waals surface area contributed by atoms with Gasteiger partial charge in [0.25, 0.3) is 5.56 Å². The van der Waals surface area contributed by atoms with Crippen LogP contribution in [0.2, 0.25) is 0 Å². The zero-order valence-electron chi connectivity index (χ0n) is 16.0. The van der Waals surface area contributed by atoms with E-state index in [2.05, 4.69) is 25.0 Å². The van der Waals surface area contributed by atoms with Crippen LogP contribution in [-0.2, 0) is 16.4 Å². The smallest absolute Gasteiger partial charge is 0.258 e. The Morgan fingerprint density at radius 2 is 1.90 bits per heavy atom. The van der Waals surface area contributed by atoms with Gasteiger partial charge in [-0.05, 0) is 36.6 Å². The van der Waals surface area contributed by atoms with Crippen LogP contribution in [0, 0.1) is 6.92 Å². The largest absolute Gasteiger partial charge is 0.387 e. The van der Waals surface area contributed by atoms with Crippen molar-refractivity contribution in [1.29, 1.82) is 0 Å². The number of aromatic amines is 2. The van der Waals surface area contributed by atoms with E-state index in [0.717, 1.165) is 16.6 Å². The van der Waals surface area contributed by atoms with E-state index >= 15 is 0 Å². The lowest BCUT2D eigenvalue weighted by atomic mass is 10.2. The van der Waals surface area contributed by atoms with Gasteiger partial charge in [-0.1, -0.05) is 18.2 Å². The summed E-state index contributed by atoms with van der Waals surface area (Å²) >= 11 is 0. The zero-order valence-corrected chi connectivity index (χ0v) is 16.9. The number of para-hydroxylation sites is 1. The number of benzene rings is 2. The van der Waals surface area contributed by atoms with Crippen LogP contribution in [0.1, 0.15) is 11.5 Å². The highest BCUT2D eigenvalue weighted by Gasteiger charge is 2.20. The summed E-state index contributed by atoms with van der Waals surface area (Å²) in [6.07, 6.45) is 0.512. The van der Waals surface area contributed by atoms with E-state index in [0.29, 0.717) is 23.4 Å². The average Bonchev–Trinajstić information content (AvgIpc) is 3.09. The normalized spacial score (nSPS) is 11.9. The Morgan fingerprint density at radius 1 is 1.10 bits per heavy atom. The van der Waals surface area contributed by atoms with Crippen molar-refractivity contribution in [3.63, 3.8) is 0 Å². The van der Waals surface area contributed by atoms with Gasteiger partial charge in [-0.15, -0.1) is 0 Å². The fourth-order valence-electron chi connectivity index (χ4n) is 3.37. The average molecular weight is 411 g/mol. The van der Waals surface area contributed by atoms with E-state index in [1.165, 1.54) is 6.07 Å². The van der Waals surface area contributed by atoms with Crippen LogP contribution in [0.3, 0.4) is 0 Å². The van der Waals surface area contributed by atoms with Gasteiger partial charge in [-0.3, -0.25) is 4.79 Å². The quantitative estimate of drug-likeness (QED) is 0.388. The van der Waals surface area contributed by atoms with Crippen LogP contribution in [0.5, 0.6) is 0 Å². The Balaban J connectivity index is 1.60. The highest BCUT2D eigenvalue weighted by molar-refractivity contribution is 7.89. The molecule has 0 aliphatic heterocycles. The molecule has 2 aromatic heterocycles. The van der Waals surface area contributed by atoms with Crippen molar-refractivity contribution in [2.75, 3.05) is 18.9 Å². The van der Waals surface area contributed by atoms with Crippen LogP contribution in [0.15, 0.2) is 52.2 Å². The maximum Gasteiger partial charge on any atom is 0.258 e. The molecule has 0 spiro atoms. The molecular formula is C20H21N5O3S. The molecule has 0 amide bonds. The van der Waals surface area contributed by atoms with E-state index in [9.17, 15) is 13.2 Å². The summed E-state index contributed by atoms with van der Waals surface area (Å²) in [5.74, 6) is 0.469. The lowest BCUT2D eigenvalue weighted by molar-refractivity contribution is 0.582. The number of aryl methyl sites for hydroxylation is 1. The number of anilines is 1. The maximum absolute atomic E-state index is 12.9. The molecule has 0 saturated heterocycles. The van der Waals surface area contributed by atoms with Gasteiger partial charge < -0.3 is 15.3 Å². The van der Waals surface area contributed by atoms with E-state index in [1.807, 2.05) is 30.3 Å². The van der Waals surface area contributed by atoms with Crippen molar-refractivity contribution in [3.8, 4) is 0 Å². The lowest BCUT2D eigenvalue weighted by Crippen LogP contribution is -2.27. The minimum absolute atomic E-state index is 0.0142. The number of H-pyrrole nitrogens is 2. The first-order valence-electron chi connectivity index (χ1n) is 9.16. The Morgan fingerprint density at radius 3 is 2.66 bits per heavy atom. The second-order valence-electron chi connectivity index (χ2n) is 6.80. The van der Waals surface area contributed by atoms with Crippen molar-refractivity contribution in [3.05, 3.63) is 64.3 Å². The predicted molar refractivity (Wildman–Crippen MR) is 114 cm³/mol.